The minimum absolute atomic E-state index is 0.0909. The predicted octanol–water partition coefficient (Wildman–Crippen LogP) is 1.78. The molecule has 17 heavy (non-hydrogen) atoms. The third-order valence-electron chi connectivity index (χ3n) is 2.34. The first-order valence-electron chi connectivity index (χ1n) is 4.75. The highest BCUT2D eigenvalue weighted by atomic mass is 19.4. The van der Waals surface area contributed by atoms with Crippen molar-refractivity contribution in [2.45, 2.75) is 18.8 Å². The van der Waals surface area contributed by atoms with Crippen LogP contribution < -0.4 is 5.32 Å². The van der Waals surface area contributed by atoms with Crippen molar-refractivity contribution in [2.24, 2.45) is 0 Å². The van der Waals surface area contributed by atoms with E-state index in [0.717, 1.165) is 6.08 Å². The van der Waals surface area contributed by atoms with Gasteiger partial charge in [-0.3, -0.25) is 0 Å². The minimum Gasteiger partial charge on any atom is -0.420 e. The molecule has 7 heteroatoms. The maximum absolute atomic E-state index is 13.1. The molecule has 4 nitrogen and oxygen atoms in total. The summed E-state index contributed by atoms with van der Waals surface area (Å²) in [6.45, 7) is 1.36. The Morgan fingerprint density at radius 3 is 2.59 bits per heavy atom. The number of rotatable bonds is 1. The summed E-state index contributed by atoms with van der Waals surface area (Å²) in [4.78, 5) is 13.6. The number of carbonyl (C=O) groups is 1. The van der Waals surface area contributed by atoms with Crippen LogP contribution in [0.25, 0.3) is 0 Å². The van der Waals surface area contributed by atoms with Crippen molar-refractivity contribution >= 4 is 5.97 Å². The molecule has 92 valence electrons. The van der Waals surface area contributed by atoms with Crippen LogP contribution in [0, 0.1) is 0 Å². The van der Waals surface area contributed by atoms with Crippen LogP contribution >= 0.6 is 0 Å². The van der Waals surface area contributed by atoms with Crippen molar-refractivity contribution in [1.29, 1.82) is 0 Å². The number of ether oxygens (including phenoxy) is 1. The van der Waals surface area contributed by atoms with Gasteiger partial charge in [0.05, 0.1) is 5.69 Å². The predicted molar refractivity (Wildman–Crippen MR) is 51.5 cm³/mol. The number of alkyl halides is 3. The number of aromatic nitrogens is 1. The minimum atomic E-state index is -4.77. The molecular formula is C10H9F3N2O2. The zero-order chi connectivity index (χ0) is 12.7. The molecule has 0 spiro atoms. The molecule has 0 bridgehead atoms. The molecule has 1 aromatic heterocycles. The first kappa shape index (κ1) is 11.6. The lowest BCUT2D eigenvalue weighted by Gasteiger charge is -2.37. The van der Waals surface area contributed by atoms with Crippen LogP contribution in [0.15, 0.2) is 30.1 Å². The van der Waals surface area contributed by atoms with Gasteiger partial charge in [-0.2, -0.15) is 13.2 Å². The number of esters is 1. The van der Waals surface area contributed by atoms with Crippen molar-refractivity contribution in [3.8, 4) is 0 Å². The monoisotopic (exact) mass is 246 g/mol. The fraction of sp³-hybridized carbons (Fsp3) is 0.300. The number of H-pyrrole nitrogens is 1. The van der Waals surface area contributed by atoms with Gasteiger partial charge in [0.2, 0.25) is 0 Å². The van der Waals surface area contributed by atoms with Crippen molar-refractivity contribution in [2.75, 3.05) is 0 Å². The zero-order valence-corrected chi connectivity index (χ0v) is 8.76. The summed E-state index contributed by atoms with van der Waals surface area (Å²) < 4.78 is 43.8. The van der Waals surface area contributed by atoms with Gasteiger partial charge in [-0.15, -0.1) is 0 Å². The lowest BCUT2D eigenvalue weighted by Crippen LogP contribution is -2.58. The van der Waals surface area contributed by atoms with Gasteiger partial charge in [0.25, 0.3) is 0 Å². The molecule has 2 N–H and O–H groups in total. The molecule has 0 aliphatic carbocycles. The quantitative estimate of drug-likeness (QED) is 0.742. The highest BCUT2D eigenvalue weighted by Gasteiger charge is 2.62. The van der Waals surface area contributed by atoms with Crippen molar-refractivity contribution in [1.82, 2.24) is 10.3 Å². The number of carbonyl (C=O) groups excluding carboxylic acids is 1. The van der Waals surface area contributed by atoms with Crippen molar-refractivity contribution in [3.63, 3.8) is 0 Å². The Morgan fingerprint density at radius 1 is 1.41 bits per heavy atom. The zero-order valence-electron chi connectivity index (χ0n) is 8.76. The number of nitrogens with one attached hydrogen (secondary N) is 2. The number of hydrogen-bond donors (Lipinski definition) is 2. The molecule has 0 fully saturated rings. The van der Waals surface area contributed by atoms with Gasteiger partial charge in [0.15, 0.2) is 0 Å². The molecule has 2 rings (SSSR count). The SMILES string of the molecule is CC1=CC(=O)OC(c2ccc[nH]2)(C(F)(F)F)N1. The number of hydrogen-bond acceptors (Lipinski definition) is 3. The highest BCUT2D eigenvalue weighted by Crippen LogP contribution is 2.41. The van der Waals surface area contributed by atoms with E-state index in [-0.39, 0.29) is 11.4 Å². The van der Waals surface area contributed by atoms with Crippen LogP contribution in [0.4, 0.5) is 13.2 Å². The van der Waals surface area contributed by atoms with E-state index >= 15 is 0 Å². The Hall–Kier alpha value is -1.92. The Kier molecular flexibility index (Phi) is 2.41. The van der Waals surface area contributed by atoms with E-state index in [1.54, 1.807) is 0 Å². The summed E-state index contributed by atoms with van der Waals surface area (Å²) in [6, 6.07) is 2.60. The number of cyclic esters (lactones) is 1. The first-order valence-corrected chi connectivity index (χ1v) is 4.75. The standard InChI is InChI=1S/C10H9F3N2O2/c1-6-5-8(16)17-9(15-6,10(11,12)13)7-3-2-4-14-7/h2-5,14-15H,1H3. The van der Waals surface area contributed by atoms with E-state index in [1.165, 1.54) is 25.3 Å². The molecule has 0 saturated carbocycles. The summed E-state index contributed by atoms with van der Waals surface area (Å²) in [5, 5.41) is 2.16. The molecule has 2 heterocycles. The lowest BCUT2D eigenvalue weighted by molar-refractivity contribution is -0.287. The first-order chi connectivity index (χ1) is 7.85. The van der Waals surface area contributed by atoms with Crippen LogP contribution in [0.5, 0.6) is 0 Å². The molecule has 1 aliphatic rings. The smallest absolute Gasteiger partial charge is 0.420 e. The lowest BCUT2D eigenvalue weighted by atomic mass is 10.1. The van der Waals surface area contributed by atoms with E-state index in [9.17, 15) is 18.0 Å². The maximum atomic E-state index is 13.1. The van der Waals surface area contributed by atoms with Crippen LogP contribution in [0.1, 0.15) is 12.6 Å². The van der Waals surface area contributed by atoms with Crippen LogP contribution in [0.2, 0.25) is 0 Å². The van der Waals surface area contributed by atoms with Gasteiger partial charge in [0.1, 0.15) is 0 Å². The van der Waals surface area contributed by atoms with Gasteiger partial charge in [-0.1, -0.05) is 0 Å². The number of allylic oxidation sites excluding steroid dienone is 1. The van der Waals surface area contributed by atoms with Crippen molar-refractivity contribution < 1.29 is 22.7 Å². The summed E-state index contributed by atoms with van der Waals surface area (Å²) in [7, 11) is 0. The van der Waals surface area contributed by atoms with Crippen LogP contribution in [-0.2, 0) is 15.3 Å². The summed E-state index contributed by atoms with van der Waals surface area (Å²) in [5.74, 6) is -1.03. The Balaban J connectivity index is 2.54. The number of aromatic amines is 1. The van der Waals surface area contributed by atoms with Gasteiger partial charge >= 0.3 is 17.9 Å². The van der Waals surface area contributed by atoms with E-state index in [2.05, 4.69) is 15.0 Å². The molecule has 1 aromatic rings. The second-order valence-electron chi connectivity index (χ2n) is 3.64. The van der Waals surface area contributed by atoms with Crippen LogP contribution in [0.3, 0.4) is 0 Å². The fourth-order valence-corrected chi connectivity index (χ4v) is 1.65. The fourth-order valence-electron chi connectivity index (χ4n) is 1.65. The van der Waals surface area contributed by atoms with Gasteiger partial charge in [-0.25, -0.2) is 4.79 Å². The normalized spacial score (nSPS) is 24.9. The molecule has 1 atom stereocenters. The second-order valence-corrected chi connectivity index (χ2v) is 3.64. The third-order valence-corrected chi connectivity index (χ3v) is 2.34. The third kappa shape index (κ3) is 1.77. The molecular weight excluding hydrogens is 237 g/mol. The Labute approximate surface area is 94.5 Å². The summed E-state index contributed by atoms with van der Waals surface area (Å²) >= 11 is 0. The summed E-state index contributed by atoms with van der Waals surface area (Å²) in [5.41, 5.74) is -3.02. The Bertz CT molecular complexity index is 464. The van der Waals surface area contributed by atoms with E-state index in [1.807, 2.05) is 0 Å². The highest BCUT2D eigenvalue weighted by molar-refractivity contribution is 5.84. The topological polar surface area (TPSA) is 54.1 Å². The van der Waals surface area contributed by atoms with E-state index in [4.69, 9.17) is 0 Å². The van der Waals surface area contributed by atoms with Crippen LogP contribution in [-0.4, -0.2) is 17.1 Å². The van der Waals surface area contributed by atoms with Crippen molar-refractivity contribution in [3.05, 3.63) is 35.8 Å². The average molecular weight is 246 g/mol. The second kappa shape index (κ2) is 3.54. The molecule has 0 aromatic carbocycles. The number of halogens is 3. The van der Waals surface area contributed by atoms with Gasteiger partial charge < -0.3 is 15.0 Å². The molecule has 0 amide bonds. The Morgan fingerprint density at radius 2 is 2.12 bits per heavy atom. The molecule has 1 aliphatic heterocycles. The summed E-state index contributed by atoms with van der Waals surface area (Å²) in [6.07, 6.45) is -2.48. The largest absolute Gasteiger partial charge is 0.455 e. The van der Waals surface area contributed by atoms with Gasteiger partial charge in [-0.05, 0) is 19.1 Å². The molecule has 0 radical (unpaired) electrons. The maximum Gasteiger partial charge on any atom is 0.455 e. The van der Waals surface area contributed by atoms with E-state index < -0.39 is 17.9 Å². The van der Waals surface area contributed by atoms with Gasteiger partial charge in [0, 0.05) is 18.0 Å². The molecule has 0 saturated heterocycles. The molecule has 1 unspecified atom stereocenters. The van der Waals surface area contributed by atoms with E-state index in [0.29, 0.717) is 0 Å². The average Bonchev–Trinajstić information content (AvgIpc) is 2.66.